The van der Waals surface area contributed by atoms with Gasteiger partial charge in [-0.05, 0) is 82.2 Å². The average Bonchev–Trinajstić information content (AvgIpc) is 3.86. The second-order valence-electron chi connectivity index (χ2n) is 14.6. The molecule has 0 spiro atoms. The Morgan fingerprint density at radius 1 is 0.328 bits per heavy atom. The first kappa shape index (κ1) is 32.3. The van der Waals surface area contributed by atoms with Gasteiger partial charge in [-0.15, -0.1) is 0 Å². The van der Waals surface area contributed by atoms with Gasteiger partial charge in [-0.1, -0.05) is 121 Å². The summed E-state index contributed by atoms with van der Waals surface area (Å²) in [7, 11) is 0. The molecule has 0 atom stereocenters. The number of aromatic nitrogens is 4. The van der Waals surface area contributed by atoms with E-state index in [2.05, 4.69) is 91.0 Å². The Hall–Kier alpha value is -7.96. The maximum Gasteiger partial charge on any atom is 0.164 e. The van der Waals surface area contributed by atoms with Crippen LogP contribution in [0, 0.1) is 0 Å². The Kier molecular flexibility index (Phi) is 7.13. The summed E-state index contributed by atoms with van der Waals surface area (Å²) < 4.78 is 12.9. The van der Waals surface area contributed by atoms with Gasteiger partial charge in [0, 0.05) is 55.2 Å². The monoisotopic (exact) mass is 742 g/mol. The molecule has 8 aromatic carbocycles. The lowest BCUT2D eigenvalue weighted by molar-refractivity contribution is 0.669. The van der Waals surface area contributed by atoms with Crippen molar-refractivity contribution in [3.05, 3.63) is 182 Å². The number of hydrogen-bond acceptors (Lipinski definition) is 6. The molecule has 0 aliphatic rings. The Morgan fingerprint density at radius 3 is 1.52 bits per heavy atom. The fraction of sp³-hybridized carbons (Fsp3) is 0. The van der Waals surface area contributed by atoms with Crippen molar-refractivity contribution in [1.29, 1.82) is 0 Å². The Bertz CT molecular complexity index is 3510. The zero-order chi connectivity index (χ0) is 38.2. The normalized spacial score (nSPS) is 11.8. The van der Waals surface area contributed by atoms with Gasteiger partial charge >= 0.3 is 0 Å². The molecule has 0 N–H and O–H groups in total. The highest BCUT2D eigenvalue weighted by molar-refractivity contribution is 6.16. The third-order valence-corrected chi connectivity index (χ3v) is 11.2. The van der Waals surface area contributed by atoms with Crippen LogP contribution in [0.25, 0.3) is 122 Å². The van der Waals surface area contributed by atoms with Crippen molar-refractivity contribution < 1.29 is 8.83 Å². The number of benzene rings is 8. The second kappa shape index (κ2) is 12.8. The molecule has 0 radical (unpaired) electrons. The molecular formula is C52H30N4O2. The van der Waals surface area contributed by atoms with Crippen molar-refractivity contribution in [3.8, 4) is 56.4 Å². The van der Waals surface area contributed by atoms with Crippen LogP contribution in [-0.2, 0) is 0 Å². The highest BCUT2D eigenvalue weighted by Gasteiger charge is 2.19. The summed E-state index contributed by atoms with van der Waals surface area (Å²) in [6.45, 7) is 0. The van der Waals surface area contributed by atoms with Gasteiger partial charge < -0.3 is 8.83 Å². The Morgan fingerprint density at radius 2 is 0.845 bits per heavy atom. The molecular weight excluding hydrogens is 713 g/mol. The maximum absolute atomic E-state index is 6.49. The smallest absolute Gasteiger partial charge is 0.164 e. The molecule has 270 valence electrons. The van der Waals surface area contributed by atoms with E-state index in [1.54, 1.807) is 0 Å². The van der Waals surface area contributed by atoms with Crippen molar-refractivity contribution in [1.82, 2.24) is 19.9 Å². The summed E-state index contributed by atoms with van der Waals surface area (Å²) in [6.07, 6.45) is 1.87. The third-order valence-electron chi connectivity index (χ3n) is 11.2. The molecule has 12 aromatic rings. The van der Waals surface area contributed by atoms with Crippen LogP contribution in [0.1, 0.15) is 0 Å². The zero-order valence-electron chi connectivity index (χ0n) is 30.9. The number of pyridine rings is 1. The van der Waals surface area contributed by atoms with Crippen LogP contribution >= 0.6 is 0 Å². The van der Waals surface area contributed by atoms with Gasteiger partial charge in [0.15, 0.2) is 17.5 Å². The molecule has 0 aliphatic heterocycles. The zero-order valence-corrected chi connectivity index (χ0v) is 30.9. The fourth-order valence-electron chi connectivity index (χ4n) is 8.41. The first-order valence-corrected chi connectivity index (χ1v) is 19.3. The highest BCUT2D eigenvalue weighted by atomic mass is 16.3. The minimum absolute atomic E-state index is 0.596. The SMILES string of the molecule is c1ccc(-c2nc(-c3ccccc3)nc(-c3ccc4oc5cccc(-c6ccc7oc8ccc(-c9cccc%10ccc%11cccnc%11c9%10)cc8c7c6)c5c4c3)n2)cc1. The highest BCUT2D eigenvalue weighted by Crippen LogP contribution is 2.42. The van der Waals surface area contributed by atoms with Crippen molar-refractivity contribution in [2.45, 2.75) is 0 Å². The van der Waals surface area contributed by atoms with Crippen molar-refractivity contribution in [3.63, 3.8) is 0 Å². The Labute approximate surface area is 331 Å². The maximum atomic E-state index is 6.49. The lowest BCUT2D eigenvalue weighted by Gasteiger charge is -2.10. The summed E-state index contributed by atoms with van der Waals surface area (Å²) >= 11 is 0. The van der Waals surface area contributed by atoms with Crippen LogP contribution < -0.4 is 0 Å². The van der Waals surface area contributed by atoms with E-state index in [1.165, 1.54) is 0 Å². The van der Waals surface area contributed by atoms with E-state index < -0.39 is 0 Å². The minimum atomic E-state index is 0.596. The molecule has 58 heavy (non-hydrogen) atoms. The van der Waals surface area contributed by atoms with Crippen molar-refractivity contribution in [2.24, 2.45) is 0 Å². The van der Waals surface area contributed by atoms with Crippen molar-refractivity contribution in [2.75, 3.05) is 0 Å². The molecule has 0 amide bonds. The number of fused-ring (bicyclic) bond motifs is 9. The summed E-state index contributed by atoms with van der Waals surface area (Å²) in [6, 6.07) is 60.4. The largest absolute Gasteiger partial charge is 0.456 e. The van der Waals surface area contributed by atoms with E-state index in [9.17, 15) is 0 Å². The van der Waals surface area contributed by atoms with E-state index in [4.69, 9.17) is 28.8 Å². The summed E-state index contributed by atoms with van der Waals surface area (Å²) in [5.74, 6) is 1.84. The van der Waals surface area contributed by atoms with E-state index in [0.717, 1.165) is 104 Å². The van der Waals surface area contributed by atoms with Gasteiger partial charge in [0.2, 0.25) is 0 Å². The molecule has 0 saturated heterocycles. The number of furan rings is 2. The molecule has 0 fully saturated rings. The van der Waals surface area contributed by atoms with Gasteiger partial charge in [0.05, 0.1) is 5.52 Å². The van der Waals surface area contributed by atoms with Crippen molar-refractivity contribution >= 4 is 65.6 Å². The van der Waals surface area contributed by atoms with Crippen LogP contribution in [0.3, 0.4) is 0 Å². The molecule has 6 nitrogen and oxygen atoms in total. The molecule has 0 aliphatic carbocycles. The standard InChI is InChI=1S/C52H30N4O2/c1-3-10-33(11-4-1)50-54-51(34-12-5-2-6-13-34)56-52(55-50)37-23-26-45-42(30-37)48-39(17-8-18-46(48)58-45)36-22-25-44-41(29-36)40-28-35(21-24-43(40)57-44)38-16-7-14-31-19-20-32-15-9-27-53-49(32)47(31)38/h1-30H. The third kappa shape index (κ3) is 5.20. The summed E-state index contributed by atoms with van der Waals surface area (Å²) in [5, 5.41) is 7.56. The summed E-state index contributed by atoms with van der Waals surface area (Å²) in [4.78, 5) is 19.7. The van der Waals surface area contributed by atoms with Gasteiger partial charge in [-0.2, -0.15) is 0 Å². The van der Waals surface area contributed by atoms with Crippen LogP contribution in [-0.4, -0.2) is 19.9 Å². The fourth-order valence-corrected chi connectivity index (χ4v) is 8.41. The van der Waals surface area contributed by atoms with Gasteiger partial charge in [0.1, 0.15) is 22.3 Å². The predicted molar refractivity (Wildman–Crippen MR) is 234 cm³/mol. The van der Waals surface area contributed by atoms with Gasteiger partial charge in [-0.3, -0.25) is 4.98 Å². The summed E-state index contributed by atoms with van der Waals surface area (Å²) in [5.41, 5.74) is 11.4. The topological polar surface area (TPSA) is 77.8 Å². The molecule has 4 heterocycles. The van der Waals surface area contributed by atoms with Gasteiger partial charge in [-0.25, -0.2) is 15.0 Å². The second-order valence-corrected chi connectivity index (χ2v) is 14.6. The quantitative estimate of drug-likeness (QED) is 0.163. The Balaban J connectivity index is 1.01. The van der Waals surface area contributed by atoms with Crippen LogP contribution in [0.5, 0.6) is 0 Å². The minimum Gasteiger partial charge on any atom is -0.456 e. The lowest BCUT2D eigenvalue weighted by Crippen LogP contribution is -2.00. The molecule has 6 heteroatoms. The molecule has 0 saturated carbocycles. The molecule has 0 bridgehead atoms. The van der Waals surface area contributed by atoms with Crippen LogP contribution in [0.15, 0.2) is 191 Å². The first-order chi connectivity index (χ1) is 28.7. The number of rotatable bonds is 5. The van der Waals surface area contributed by atoms with E-state index in [1.807, 2.05) is 91.1 Å². The number of nitrogens with zero attached hydrogens (tertiary/aromatic N) is 4. The van der Waals surface area contributed by atoms with E-state index in [0.29, 0.717) is 17.5 Å². The molecule has 4 aromatic heterocycles. The van der Waals surface area contributed by atoms with Gasteiger partial charge in [0.25, 0.3) is 0 Å². The first-order valence-electron chi connectivity index (χ1n) is 19.3. The van der Waals surface area contributed by atoms with E-state index >= 15 is 0 Å². The molecule has 0 unspecified atom stereocenters. The van der Waals surface area contributed by atoms with Crippen LogP contribution in [0.2, 0.25) is 0 Å². The number of hydrogen-bond donors (Lipinski definition) is 0. The van der Waals surface area contributed by atoms with Crippen LogP contribution in [0.4, 0.5) is 0 Å². The average molecular weight is 743 g/mol. The lowest BCUT2D eigenvalue weighted by atomic mass is 9.94. The predicted octanol–water partition coefficient (Wildman–Crippen LogP) is 13.7. The molecule has 12 rings (SSSR count). The van der Waals surface area contributed by atoms with E-state index in [-0.39, 0.29) is 0 Å².